The van der Waals surface area contributed by atoms with Gasteiger partial charge in [-0.2, -0.15) is 0 Å². The lowest BCUT2D eigenvalue weighted by atomic mass is 10.2. The number of aliphatic imine (C=N–C) groups is 1. The molecule has 0 saturated carbocycles. The maximum Gasteiger partial charge on any atom is 0.363 e. The molecule has 3 rings (SSSR count). The van der Waals surface area contributed by atoms with Crippen LogP contribution in [-0.4, -0.2) is 11.9 Å². The van der Waals surface area contributed by atoms with Gasteiger partial charge < -0.3 is 4.74 Å². The monoisotopic (exact) mass is 333 g/mol. The zero-order chi connectivity index (χ0) is 13.2. The predicted molar refractivity (Wildman–Crippen MR) is 79.1 cm³/mol. The summed E-state index contributed by atoms with van der Waals surface area (Å²) < 4.78 is 6.15. The molecular formula is C14H8BrNO2S. The summed E-state index contributed by atoms with van der Waals surface area (Å²) in [5, 5.41) is 1.92. The highest BCUT2D eigenvalue weighted by Gasteiger charge is 2.24. The van der Waals surface area contributed by atoms with Crippen molar-refractivity contribution in [3.05, 3.63) is 62.4 Å². The lowest BCUT2D eigenvalue weighted by Crippen LogP contribution is -2.03. The molecule has 0 atom stereocenters. The van der Waals surface area contributed by atoms with Gasteiger partial charge in [0.2, 0.25) is 5.90 Å². The van der Waals surface area contributed by atoms with Crippen LogP contribution >= 0.6 is 27.3 Å². The van der Waals surface area contributed by atoms with Crippen LogP contribution in [0.2, 0.25) is 0 Å². The molecule has 0 radical (unpaired) electrons. The van der Waals surface area contributed by atoms with Gasteiger partial charge in [-0.25, -0.2) is 9.79 Å². The van der Waals surface area contributed by atoms with Crippen molar-refractivity contribution in [1.29, 1.82) is 0 Å². The molecule has 0 N–H and O–H groups in total. The summed E-state index contributed by atoms with van der Waals surface area (Å²) in [6, 6.07) is 11.4. The average molecular weight is 334 g/mol. The number of cyclic esters (lactones) is 1. The molecule has 1 aliphatic rings. The van der Waals surface area contributed by atoms with Gasteiger partial charge in [0, 0.05) is 4.47 Å². The number of halogens is 1. The Morgan fingerprint density at radius 1 is 1.21 bits per heavy atom. The number of carbonyl (C=O) groups excluding carboxylic acids is 1. The van der Waals surface area contributed by atoms with Crippen molar-refractivity contribution in [2.45, 2.75) is 0 Å². The summed E-state index contributed by atoms with van der Waals surface area (Å²) in [6.45, 7) is 0. The Hall–Kier alpha value is -1.72. The Balaban J connectivity index is 1.92. The number of hydrogen-bond acceptors (Lipinski definition) is 4. The SMILES string of the molecule is O=C1OC(c2cccs2)=NC1=Cc1ccc(Br)cc1. The lowest BCUT2D eigenvalue weighted by molar-refractivity contribution is -0.129. The van der Waals surface area contributed by atoms with Crippen molar-refractivity contribution in [3.63, 3.8) is 0 Å². The first-order chi connectivity index (χ1) is 9.22. The number of carbonyl (C=O) groups is 1. The molecule has 3 nitrogen and oxygen atoms in total. The van der Waals surface area contributed by atoms with Crippen LogP contribution in [-0.2, 0) is 9.53 Å². The van der Waals surface area contributed by atoms with Crippen LogP contribution < -0.4 is 0 Å². The number of benzene rings is 1. The van der Waals surface area contributed by atoms with Gasteiger partial charge in [0.05, 0.1) is 4.88 Å². The normalized spacial score (nSPS) is 16.6. The average Bonchev–Trinajstić information content (AvgIpc) is 3.03. The summed E-state index contributed by atoms with van der Waals surface area (Å²) in [6.07, 6.45) is 1.72. The standard InChI is InChI=1S/C14H8BrNO2S/c15-10-5-3-9(4-6-10)8-11-14(17)18-13(16-11)12-2-1-7-19-12/h1-8H. The van der Waals surface area contributed by atoms with Crippen molar-refractivity contribution in [3.8, 4) is 0 Å². The summed E-state index contributed by atoms with van der Waals surface area (Å²) in [5.74, 6) is -0.0327. The molecule has 5 heteroatoms. The number of nitrogens with zero attached hydrogens (tertiary/aromatic N) is 1. The van der Waals surface area contributed by atoms with Crippen LogP contribution in [0.25, 0.3) is 6.08 Å². The highest BCUT2D eigenvalue weighted by Crippen LogP contribution is 2.22. The van der Waals surface area contributed by atoms with Gasteiger partial charge in [-0.1, -0.05) is 34.1 Å². The van der Waals surface area contributed by atoms with Crippen molar-refractivity contribution in [2.75, 3.05) is 0 Å². The molecule has 0 spiro atoms. The maximum atomic E-state index is 11.7. The van der Waals surface area contributed by atoms with E-state index in [4.69, 9.17) is 4.74 Å². The van der Waals surface area contributed by atoms with Gasteiger partial charge in [-0.15, -0.1) is 11.3 Å². The third-order valence-corrected chi connectivity index (χ3v) is 3.91. The molecule has 0 unspecified atom stereocenters. The Labute approximate surface area is 122 Å². The zero-order valence-electron chi connectivity index (χ0n) is 9.67. The maximum absolute atomic E-state index is 11.7. The highest BCUT2D eigenvalue weighted by molar-refractivity contribution is 9.10. The summed E-state index contributed by atoms with van der Waals surface area (Å²) in [4.78, 5) is 16.8. The smallest absolute Gasteiger partial charge is 0.363 e. The Kier molecular flexibility index (Phi) is 3.31. The Bertz CT molecular complexity index is 672. The molecule has 1 aliphatic heterocycles. The Morgan fingerprint density at radius 2 is 2.00 bits per heavy atom. The van der Waals surface area contributed by atoms with Crippen molar-refractivity contribution in [2.24, 2.45) is 4.99 Å². The topological polar surface area (TPSA) is 38.7 Å². The molecule has 0 aliphatic carbocycles. The van der Waals surface area contributed by atoms with E-state index in [1.54, 1.807) is 6.08 Å². The number of hydrogen-bond donors (Lipinski definition) is 0. The lowest BCUT2D eigenvalue weighted by Gasteiger charge is -1.94. The molecule has 2 aromatic rings. The summed E-state index contributed by atoms with van der Waals surface area (Å²) in [7, 11) is 0. The first-order valence-electron chi connectivity index (χ1n) is 5.54. The molecule has 0 bridgehead atoms. The number of rotatable bonds is 2. The van der Waals surface area contributed by atoms with E-state index >= 15 is 0 Å². The van der Waals surface area contributed by atoms with Crippen molar-refractivity contribution >= 4 is 45.2 Å². The number of ether oxygens (including phenoxy) is 1. The van der Waals surface area contributed by atoms with E-state index in [0.29, 0.717) is 11.6 Å². The molecule has 0 fully saturated rings. The number of esters is 1. The second kappa shape index (κ2) is 5.11. The van der Waals surface area contributed by atoms with Crippen molar-refractivity contribution in [1.82, 2.24) is 0 Å². The minimum Gasteiger partial charge on any atom is -0.401 e. The largest absolute Gasteiger partial charge is 0.401 e. The first-order valence-corrected chi connectivity index (χ1v) is 7.22. The highest BCUT2D eigenvalue weighted by atomic mass is 79.9. The van der Waals surface area contributed by atoms with Crippen LogP contribution in [0.3, 0.4) is 0 Å². The van der Waals surface area contributed by atoms with Gasteiger partial charge in [-0.3, -0.25) is 0 Å². The van der Waals surface area contributed by atoms with E-state index in [1.807, 2.05) is 41.8 Å². The third kappa shape index (κ3) is 2.67. The van der Waals surface area contributed by atoms with Gasteiger partial charge in [-0.05, 0) is 35.2 Å². The molecule has 1 aromatic heterocycles. The van der Waals surface area contributed by atoms with E-state index in [2.05, 4.69) is 20.9 Å². The van der Waals surface area contributed by atoms with Crippen molar-refractivity contribution < 1.29 is 9.53 Å². The van der Waals surface area contributed by atoms with Crippen LogP contribution in [0, 0.1) is 0 Å². The third-order valence-electron chi connectivity index (χ3n) is 2.53. The molecule has 2 heterocycles. The molecule has 1 aromatic carbocycles. The fourth-order valence-electron chi connectivity index (χ4n) is 1.63. The van der Waals surface area contributed by atoms with Gasteiger partial charge in [0.1, 0.15) is 0 Å². The second-order valence-corrected chi connectivity index (χ2v) is 5.73. The molecular weight excluding hydrogens is 326 g/mol. The minimum atomic E-state index is -0.411. The van der Waals surface area contributed by atoms with Crippen LogP contribution in [0.4, 0.5) is 0 Å². The minimum absolute atomic E-state index is 0.325. The van der Waals surface area contributed by atoms with Crippen LogP contribution in [0.5, 0.6) is 0 Å². The molecule has 0 saturated heterocycles. The van der Waals surface area contributed by atoms with Gasteiger partial charge in [0.25, 0.3) is 0 Å². The zero-order valence-corrected chi connectivity index (χ0v) is 12.1. The fraction of sp³-hybridized carbons (Fsp3) is 0. The van der Waals surface area contributed by atoms with E-state index in [0.717, 1.165) is 14.9 Å². The van der Waals surface area contributed by atoms with Crippen LogP contribution in [0.15, 0.2) is 56.9 Å². The number of thiophene rings is 1. The first kappa shape index (κ1) is 12.3. The Morgan fingerprint density at radius 3 is 2.68 bits per heavy atom. The van der Waals surface area contributed by atoms with E-state index < -0.39 is 5.97 Å². The molecule has 19 heavy (non-hydrogen) atoms. The summed E-state index contributed by atoms with van der Waals surface area (Å²) in [5.41, 5.74) is 1.23. The van der Waals surface area contributed by atoms with Crippen LogP contribution in [0.1, 0.15) is 10.4 Å². The molecule has 94 valence electrons. The quantitative estimate of drug-likeness (QED) is 0.618. The van der Waals surface area contributed by atoms with E-state index in [-0.39, 0.29) is 0 Å². The second-order valence-electron chi connectivity index (χ2n) is 3.86. The predicted octanol–water partition coefficient (Wildman–Crippen LogP) is 3.86. The summed E-state index contributed by atoms with van der Waals surface area (Å²) >= 11 is 4.86. The van der Waals surface area contributed by atoms with Gasteiger partial charge >= 0.3 is 5.97 Å². The van der Waals surface area contributed by atoms with E-state index in [1.165, 1.54) is 11.3 Å². The molecule has 0 amide bonds. The van der Waals surface area contributed by atoms with Gasteiger partial charge in [0.15, 0.2) is 5.70 Å². The fourth-order valence-corrected chi connectivity index (χ4v) is 2.55. The van der Waals surface area contributed by atoms with E-state index in [9.17, 15) is 4.79 Å².